The van der Waals surface area contributed by atoms with E-state index in [0.717, 1.165) is 21.6 Å². The number of anilines is 1. The highest BCUT2D eigenvalue weighted by Crippen LogP contribution is 2.26. The van der Waals surface area contributed by atoms with Crippen molar-refractivity contribution in [2.24, 2.45) is 0 Å². The van der Waals surface area contributed by atoms with E-state index in [1.54, 1.807) is 0 Å². The standard InChI is InChI=1S/C15H14BrCl2N/c1-10(8-11-2-4-12(17)5-3-11)19-13-6-7-14(16)15(18)9-13/h2-7,9-10,19H,8H2,1H3. The van der Waals surface area contributed by atoms with Gasteiger partial charge in [0.25, 0.3) is 0 Å². The summed E-state index contributed by atoms with van der Waals surface area (Å²) in [6, 6.07) is 14.1. The van der Waals surface area contributed by atoms with E-state index in [9.17, 15) is 0 Å². The van der Waals surface area contributed by atoms with E-state index in [1.165, 1.54) is 5.56 Å². The largest absolute Gasteiger partial charge is 0.382 e. The molecule has 0 aliphatic carbocycles. The van der Waals surface area contributed by atoms with Gasteiger partial charge in [0.15, 0.2) is 0 Å². The number of rotatable bonds is 4. The summed E-state index contributed by atoms with van der Waals surface area (Å²) in [4.78, 5) is 0. The maximum absolute atomic E-state index is 6.07. The highest BCUT2D eigenvalue weighted by Gasteiger charge is 2.05. The Bertz CT molecular complexity index is 555. The smallest absolute Gasteiger partial charge is 0.0568 e. The second-order valence-electron chi connectivity index (χ2n) is 4.50. The molecule has 1 nitrogen and oxygen atoms in total. The molecule has 2 aromatic rings. The fourth-order valence-electron chi connectivity index (χ4n) is 1.90. The Kier molecular flexibility index (Phi) is 5.14. The first-order chi connectivity index (χ1) is 9.04. The van der Waals surface area contributed by atoms with Crippen LogP contribution in [0.2, 0.25) is 10.0 Å². The van der Waals surface area contributed by atoms with E-state index in [0.29, 0.717) is 11.1 Å². The third-order valence-electron chi connectivity index (χ3n) is 2.79. The van der Waals surface area contributed by atoms with Crippen LogP contribution in [-0.4, -0.2) is 6.04 Å². The average Bonchev–Trinajstić information content (AvgIpc) is 2.37. The lowest BCUT2D eigenvalue weighted by molar-refractivity contribution is 0.790. The summed E-state index contributed by atoms with van der Waals surface area (Å²) < 4.78 is 0.907. The molecule has 0 aliphatic heterocycles. The zero-order chi connectivity index (χ0) is 13.8. The van der Waals surface area contributed by atoms with Crippen LogP contribution in [0.4, 0.5) is 5.69 Å². The van der Waals surface area contributed by atoms with Crippen molar-refractivity contribution in [3.8, 4) is 0 Å². The van der Waals surface area contributed by atoms with E-state index < -0.39 is 0 Å². The van der Waals surface area contributed by atoms with Crippen LogP contribution >= 0.6 is 39.1 Å². The van der Waals surface area contributed by atoms with Gasteiger partial charge < -0.3 is 5.32 Å². The summed E-state index contributed by atoms with van der Waals surface area (Å²) in [5.74, 6) is 0. The summed E-state index contributed by atoms with van der Waals surface area (Å²) in [5, 5.41) is 4.91. The zero-order valence-corrected chi connectivity index (χ0v) is 13.6. The van der Waals surface area contributed by atoms with E-state index in [4.69, 9.17) is 23.2 Å². The lowest BCUT2D eigenvalue weighted by atomic mass is 10.1. The van der Waals surface area contributed by atoms with Crippen molar-refractivity contribution < 1.29 is 0 Å². The number of nitrogens with one attached hydrogen (secondary N) is 1. The van der Waals surface area contributed by atoms with Gasteiger partial charge in [-0.25, -0.2) is 0 Å². The molecular weight excluding hydrogens is 345 g/mol. The fraction of sp³-hybridized carbons (Fsp3) is 0.200. The minimum absolute atomic E-state index is 0.318. The van der Waals surface area contributed by atoms with Crippen LogP contribution in [-0.2, 0) is 6.42 Å². The molecule has 4 heteroatoms. The normalized spacial score (nSPS) is 12.2. The van der Waals surface area contributed by atoms with Gasteiger partial charge in [-0.2, -0.15) is 0 Å². The van der Waals surface area contributed by atoms with Crippen LogP contribution in [0, 0.1) is 0 Å². The van der Waals surface area contributed by atoms with Crippen LogP contribution in [0.15, 0.2) is 46.9 Å². The molecule has 0 saturated carbocycles. The first-order valence-corrected chi connectivity index (χ1v) is 7.55. The number of hydrogen-bond donors (Lipinski definition) is 1. The molecule has 0 fully saturated rings. The van der Waals surface area contributed by atoms with Crippen molar-refractivity contribution in [1.82, 2.24) is 0 Å². The predicted molar refractivity (Wildman–Crippen MR) is 87.4 cm³/mol. The summed E-state index contributed by atoms with van der Waals surface area (Å²) in [5.41, 5.74) is 2.28. The van der Waals surface area contributed by atoms with Crippen molar-refractivity contribution in [1.29, 1.82) is 0 Å². The van der Waals surface area contributed by atoms with Crippen molar-refractivity contribution in [3.05, 3.63) is 62.5 Å². The monoisotopic (exact) mass is 357 g/mol. The molecule has 0 spiro atoms. The molecule has 0 bridgehead atoms. The van der Waals surface area contributed by atoms with Crippen LogP contribution in [0.3, 0.4) is 0 Å². The Morgan fingerprint density at radius 3 is 2.42 bits per heavy atom. The lowest BCUT2D eigenvalue weighted by Crippen LogP contribution is -2.17. The molecule has 1 unspecified atom stereocenters. The number of halogens is 3. The fourth-order valence-corrected chi connectivity index (χ4v) is 2.45. The van der Waals surface area contributed by atoms with Crippen molar-refractivity contribution in [3.63, 3.8) is 0 Å². The van der Waals surface area contributed by atoms with Crippen LogP contribution in [0.5, 0.6) is 0 Å². The second-order valence-corrected chi connectivity index (χ2v) is 6.20. The molecular formula is C15H14BrCl2N. The van der Waals surface area contributed by atoms with Crippen LogP contribution in [0.1, 0.15) is 12.5 Å². The van der Waals surface area contributed by atoms with Crippen molar-refractivity contribution in [2.45, 2.75) is 19.4 Å². The zero-order valence-electron chi connectivity index (χ0n) is 10.5. The van der Waals surface area contributed by atoms with Gasteiger partial charge in [-0.3, -0.25) is 0 Å². The Morgan fingerprint density at radius 1 is 1.11 bits per heavy atom. The first kappa shape index (κ1) is 14.7. The summed E-state index contributed by atoms with van der Waals surface area (Å²) in [6.45, 7) is 2.14. The van der Waals surface area contributed by atoms with Gasteiger partial charge >= 0.3 is 0 Å². The van der Waals surface area contributed by atoms with Gasteiger partial charge in [-0.05, 0) is 65.2 Å². The highest BCUT2D eigenvalue weighted by atomic mass is 79.9. The third kappa shape index (κ3) is 4.41. The van der Waals surface area contributed by atoms with Gasteiger partial charge in [0, 0.05) is 21.2 Å². The average molecular weight is 359 g/mol. The molecule has 0 aliphatic rings. The van der Waals surface area contributed by atoms with E-state index in [-0.39, 0.29) is 0 Å². The summed E-state index contributed by atoms with van der Waals surface area (Å²) >= 11 is 15.3. The topological polar surface area (TPSA) is 12.0 Å². The second kappa shape index (κ2) is 6.65. The molecule has 19 heavy (non-hydrogen) atoms. The van der Waals surface area contributed by atoms with Gasteiger partial charge in [-0.15, -0.1) is 0 Å². The minimum Gasteiger partial charge on any atom is -0.382 e. The summed E-state index contributed by atoms with van der Waals surface area (Å²) in [7, 11) is 0. The number of hydrogen-bond acceptors (Lipinski definition) is 1. The molecule has 0 saturated heterocycles. The maximum Gasteiger partial charge on any atom is 0.0568 e. The van der Waals surface area contributed by atoms with Gasteiger partial charge in [0.2, 0.25) is 0 Å². The third-order valence-corrected chi connectivity index (χ3v) is 4.27. The summed E-state index contributed by atoms with van der Waals surface area (Å²) in [6.07, 6.45) is 0.935. The Balaban J connectivity index is 1.98. The Hall–Kier alpha value is -0.700. The lowest BCUT2D eigenvalue weighted by Gasteiger charge is -2.16. The Labute approximate surface area is 132 Å². The Morgan fingerprint density at radius 2 is 1.79 bits per heavy atom. The number of benzene rings is 2. The van der Waals surface area contributed by atoms with E-state index in [1.807, 2.05) is 30.3 Å². The van der Waals surface area contributed by atoms with Crippen molar-refractivity contribution >= 4 is 44.8 Å². The molecule has 0 amide bonds. The van der Waals surface area contributed by atoms with Gasteiger partial charge in [0.05, 0.1) is 5.02 Å². The van der Waals surface area contributed by atoms with Crippen molar-refractivity contribution in [2.75, 3.05) is 5.32 Å². The first-order valence-electron chi connectivity index (χ1n) is 6.00. The molecule has 2 aromatic carbocycles. The minimum atomic E-state index is 0.318. The highest BCUT2D eigenvalue weighted by molar-refractivity contribution is 9.10. The predicted octanol–water partition coefficient (Wildman–Crippen LogP) is 5.80. The van der Waals surface area contributed by atoms with Gasteiger partial charge in [0.1, 0.15) is 0 Å². The molecule has 0 heterocycles. The molecule has 1 N–H and O–H groups in total. The molecule has 100 valence electrons. The molecule has 0 aromatic heterocycles. The van der Waals surface area contributed by atoms with Gasteiger partial charge in [-0.1, -0.05) is 35.3 Å². The SMILES string of the molecule is CC(Cc1ccc(Cl)cc1)Nc1ccc(Br)c(Cl)c1. The molecule has 1 atom stereocenters. The van der Waals surface area contributed by atoms with Crippen LogP contribution < -0.4 is 5.32 Å². The van der Waals surface area contributed by atoms with E-state index in [2.05, 4.69) is 40.3 Å². The molecule has 0 radical (unpaired) electrons. The molecule has 2 rings (SSSR count). The van der Waals surface area contributed by atoms with Crippen LogP contribution in [0.25, 0.3) is 0 Å². The maximum atomic E-state index is 6.07. The quantitative estimate of drug-likeness (QED) is 0.728. The van der Waals surface area contributed by atoms with E-state index >= 15 is 0 Å².